The van der Waals surface area contributed by atoms with Crippen LogP contribution >= 0.6 is 11.6 Å². The fraction of sp³-hybridized carbons (Fsp3) is 0.278. The first-order chi connectivity index (χ1) is 10.9. The molecule has 0 bridgehead atoms. The van der Waals surface area contributed by atoms with Crippen LogP contribution in [0.3, 0.4) is 0 Å². The molecular formula is C18H20ClNO3. The molecule has 5 heteroatoms. The van der Waals surface area contributed by atoms with Crippen molar-refractivity contribution in [2.75, 3.05) is 6.54 Å². The van der Waals surface area contributed by atoms with E-state index < -0.39 is 5.60 Å². The normalized spacial score (nSPS) is 11.1. The maximum atomic E-state index is 12.3. The number of phenols is 1. The fourth-order valence-corrected chi connectivity index (χ4v) is 2.21. The van der Waals surface area contributed by atoms with Gasteiger partial charge in [0, 0.05) is 11.6 Å². The second kappa shape index (κ2) is 7.38. The van der Waals surface area contributed by atoms with Crippen LogP contribution in [0.1, 0.15) is 19.4 Å². The molecule has 2 N–H and O–H groups in total. The molecule has 0 aromatic heterocycles. The van der Waals surface area contributed by atoms with Crippen molar-refractivity contribution in [1.29, 1.82) is 0 Å². The summed E-state index contributed by atoms with van der Waals surface area (Å²) >= 11 is 5.83. The number of ether oxygens (including phenoxy) is 1. The number of carbonyl (C=O) groups is 1. The third-order valence-electron chi connectivity index (χ3n) is 3.34. The number of aromatic hydroxyl groups is 1. The van der Waals surface area contributed by atoms with E-state index in [1.165, 1.54) is 0 Å². The van der Waals surface area contributed by atoms with Gasteiger partial charge in [0.15, 0.2) is 5.60 Å². The van der Waals surface area contributed by atoms with Crippen molar-refractivity contribution >= 4 is 17.5 Å². The average molecular weight is 334 g/mol. The van der Waals surface area contributed by atoms with E-state index in [0.29, 0.717) is 23.7 Å². The molecule has 0 spiro atoms. The number of carbonyl (C=O) groups excluding carboxylic acids is 1. The molecule has 23 heavy (non-hydrogen) atoms. The van der Waals surface area contributed by atoms with Crippen LogP contribution in [0.25, 0.3) is 0 Å². The van der Waals surface area contributed by atoms with Gasteiger partial charge < -0.3 is 15.2 Å². The lowest BCUT2D eigenvalue weighted by molar-refractivity contribution is -0.134. The molecule has 0 aliphatic heterocycles. The van der Waals surface area contributed by atoms with Crippen LogP contribution in [0.4, 0.5) is 0 Å². The predicted octanol–water partition coefficient (Wildman–Crippen LogP) is 3.56. The molecule has 0 unspecified atom stereocenters. The number of halogens is 1. The van der Waals surface area contributed by atoms with Crippen LogP contribution in [-0.4, -0.2) is 23.2 Å². The largest absolute Gasteiger partial charge is 0.508 e. The Kier molecular flexibility index (Phi) is 5.50. The first-order valence-electron chi connectivity index (χ1n) is 7.37. The van der Waals surface area contributed by atoms with Crippen molar-refractivity contribution < 1.29 is 14.6 Å². The van der Waals surface area contributed by atoms with Crippen molar-refractivity contribution in [1.82, 2.24) is 5.32 Å². The summed E-state index contributed by atoms with van der Waals surface area (Å²) in [6.07, 6.45) is 0.636. The highest BCUT2D eigenvalue weighted by molar-refractivity contribution is 6.30. The molecule has 0 aliphatic carbocycles. The quantitative estimate of drug-likeness (QED) is 0.849. The van der Waals surface area contributed by atoms with Gasteiger partial charge in [-0.3, -0.25) is 4.79 Å². The zero-order valence-electron chi connectivity index (χ0n) is 13.2. The fourth-order valence-electron chi connectivity index (χ4n) is 2.09. The van der Waals surface area contributed by atoms with Gasteiger partial charge in [0.2, 0.25) is 0 Å². The standard InChI is InChI=1S/C18H20ClNO3/c1-18(2,23-16-8-6-14(19)7-9-16)17(22)20-11-10-13-4-3-5-15(21)12-13/h3-9,12,21H,10-11H2,1-2H3,(H,20,22). The number of rotatable bonds is 6. The van der Waals surface area contributed by atoms with Gasteiger partial charge in [0.25, 0.3) is 5.91 Å². The highest BCUT2D eigenvalue weighted by Gasteiger charge is 2.29. The zero-order chi connectivity index (χ0) is 16.9. The summed E-state index contributed by atoms with van der Waals surface area (Å²) in [5.74, 6) is 0.607. The summed E-state index contributed by atoms with van der Waals surface area (Å²) in [6, 6.07) is 13.9. The summed E-state index contributed by atoms with van der Waals surface area (Å²) in [5, 5.41) is 12.9. The van der Waals surface area contributed by atoms with E-state index in [-0.39, 0.29) is 11.7 Å². The third-order valence-corrected chi connectivity index (χ3v) is 3.60. The maximum absolute atomic E-state index is 12.3. The number of nitrogens with one attached hydrogen (secondary N) is 1. The predicted molar refractivity (Wildman–Crippen MR) is 91.0 cm³/mol. The van der Waals surface area contributed by atoms with Gasteiger partial charge in [0.05, 0.1) is 0 Å². The number of amides is 1. The van der Waals surface area contributed by atoms with Crippen molar-refractivity contribution in [2.45, 2.75) is 25.9 Å². The molecule has 0 radical (unpaired) electrons. The highest BCUT2D eigenvalue weighted by Crippen LogP contribution is 2.21. The molecule has 0 aliphatic rings. The summed E-state index contributed by atoms with van der Waals surface area (Å²) in [4.78, 5) is 12.3. The van der Waals surface area contributed by atoms with Crippen LogP contribution in [0.15, 0.2) is 48.5 Å². The van der Waals surface area contributed by atoms with Crippen molar-refractivity contribution in [3.63, 3.8) is 0 Å². The Hall–Kier alpha value is -2.20. The molecule has 0 saturated heterocycles. The van der Waals surface area contributed by atoms with E-state index in [1.54, 1.807) is 56.3 Å². The minimum atomic E-state index is -0.993. The molecule has 0 saturated carbocycles. The smallest absolute Gasteiger partial charge is 0.263 e. The lowest BCUT2D eigenvalue weighted by Gasteiger charge is -2.25. The summed E-state index contributed by atoms with van der Waals surface area (Å²) in [7, 11) is 0. The van der Waals surface area contributed by atoms with Crippen LogP contribution in [-0.2, 0) is 11.2 Å². The summed E-state index contributed by atoms with van der Waals surface area (Å²) < 4.78 is 5.73. The highest BCUT2D eigenvalue weighted by atomic mass is 35.5. The van der Waals surface area contributed by atoms with E-state index in [2.05, 4.69) is 5.32 Å². The Labute approximate surface area is 141 Å². The third kappa shape index (κ3) is 5.18. The number of benzene rings is 2. The Morgan fingerprint density at radius 2 is 1.91 bits per heavy atom. The summed E-state index contributed by atoms with van der Waals surface area (Å²) in [6.45, 7) is 3.90. The Morgan fingerprint density at radius 3 is 2.57 bits per heavy atom. The van der Waals surface area contributed by atoms with E-state index in [1.807, 2.05) is 6.07 Å². The molecule has 2 rings (SSSR count). The van der Waals surface area contributed by atoms with Gasteiger partial charge in [-0.1, -0.05) is 23.7 Å². The molecule has 1 amide bonds. The minimum Gasteiger partial charge on any atom is -0.508 e. The van der Waals surface area contributed by atoms with E-state index in [9.17, 15) is 9.90 Å². The Morgan fingerprint density at radius 1 is 1.22 bits per heavy atom. The average Bonchev–Trinajstić information content (AvgIpc) is 2.49. The first kappa shape index (κ1) is 17.2. The van der Waals surface area contributed by atoms with E-state index in [0.717, 1.165) is 5.56 Å². The number of phenolic OH excluding ortho intramolecular Hbond substituents is 1. The van der Waals surface area contributed by atoms with Crippen LogP contribution < -0.4 is 10.1 Å². The van der Waals surface area contributed by atoms with Crippen LogP contribution in [0, 0.1) is 0 Å². The van der Waals surface area contributed by atoms with E-state index >= 15 is 0 Å². The Bertz CT molecular complexity index is 668. The molecule has 4 nitrogen and oxygen atoms in total. The van der Waals surface area contributed by atoms with Crippen molar-refractivity contribution in [3.05, 3.63) is 59.1 Å². The summed E-state index contributed by atoms with van der Waals surface area (Å²) in [5.41, 5.74) is -0.0335. The minimum absolute atomic E-state index is 0.201. The van der Waals surface area contributed by atoms with Gasteiger partial charge in [-0.25, -0.2) is 0 Å². The molecule has 2 aromatic carbocycles. The van der Waals surface area contributed by atoms with Gasteiger partial charge in [-0.15, -0.1) is 0 Å². The number of hydrogen-bond donors (Lipinski definition) is 2. The van der Waals surface area contributed by atoms with Crippen LogP contribution in [0.2, 0.25) is 5.02 Å². The van der Waals surface area contributed by atoms with Gasteiger partial charge in [-0.05, 0) is 62.2 Å². The van der Waals surface area contributed by atoms with Crippen LogP contribution in [0.5, 0.6) is 11.5 Å². The van der Waals surface area contributed by atoms with Crippen molar-refractivity contribution in [2.24, 2.45) is 0 Å². The van der Waals surface area contributed by atoms with Gasteiger partial charge in [0.1, 0.15) is 11.5 Å². The lowest BCUT2D eigenvalue weighted by atomic mass is 10.1. The topological polar surface area (TPSA) is 58.6 Å². The Balaban J connectivity index is 1.87. The second-order valence-corrected chi connectivity index (χ2v) is 6.18. The first-order valence-corrected chi connectivity index (χ1v) is 7.75. The molecule has 0 atom stereocenters. The lowest BCUT2D eigenvalue weighted by Crippen LogP contribution is -2.47. The molecule has 0 heterocycles. The monoisotopic (exact) mass is 333 g/mol. The molecule has 2 aromatic rings. The molecule has 122 valence electrons. The zero-order valence-corrected chi connectivity index (χ0v) is 13.9. The van der Waals surface area contributed by atoms with E-state index in [4.69, 9.17) is 16.3 Å². The second-order valence-electron chi connectivity index (χ2n) is 5.74. The SMILES string of the molecule is CC(C)(Oc1ccc(Cl)cc1)C(=O)NCCc1cccc(O)c1. The number of hydrogen-bond acceptors (Lipinski definition) is 3. The molecule has 0 fully saturated rings. The molecular weight excluding hydrogens is 314 g/mol. The van der Waals surface area contributed by atoms with Gasteiger partial charge >= 0.3 is 0 Å². The maximum Gasteiger partial charge on any atom is 0.263 e. The van der Waals surface area contributed by atoms with Crippen molar-refractivity contribution in [3.8, 4) is 11.5 Å². The van der Waals surface area contributed by atoms with Gasteiger partial charge in [-0.2, -0.15) is 0 Å².